The highest BCUT2D eigenvalue weighted by Gasteiger charge is 2.35. The van der Waals surface area contributed by atoms with Crippen molar-refractivity contribution in [3.63, 3.8) is 0 Å². The number of sulfonamides is 1. The van der Waals surface area contributed by atoms with Crippen LogP contribution in [0.3, 0.4) is 0 Å². The number of piperidine rings is 1. The van der Waals surface area contributed by atoms with Crippen molar-refractivity contribution in [2.45, 2.75) is 31.1 Å². The predicted octanol–water partition coefficient (Wildman–Crippen LogP) is 0.450. The number of hydrazine groups is 1. The van der Waals surface area contributed by atoms with Gasteiger partial charge in [0.05, 0.1) is 10.8 Å². The molecule has 2 fully saturated rings. The normalized spacial score (nSPS) is 22.6. The minimum Gasteiger partial charge on any atom is -0.312 e. The lowest BCUT2D eigenvalue weighted by Crippen LogP contribution is -2.38. The molecular formula is C17H24N4O4S. The van der Waals surface area contributed by atoms with Gasteiger partial charge in [-0.05, 0) is 43.0 Å². The largest absolute Gasteiger partial charge is 0.312 e. The molecule has 9 heteroatoms. The van der Waals surface area contributed by atoms with Crippen LogP contribution in [0.2, 0.25) is 0 Å². The summed E-state index contributed by atoms with van der Waals surface area (Å²) in [5.74, 6) is 4.62. The molecule has 1 atom stereocenters. The smallest absolute Gasteiger partial charge is 0.243 e. The molecule has 3 N–H and O–H groups in total. The maximum absolute atomic E-state index is 12.7. The van der Waals surface area contributed by atoms with Crippen molar-refractivity contribution in [3.8, 4) is 0 Å². The van der Waals surface area contributed by atoms with Gasteiger partial charge >= 0.3 is 0 Å². The number of hydrogen-bond acceptors (Lipinski definition) is 5. The third-order valence-corrected chi connectivity index (χ3v) is 7.08. The molecule has 2 amide bonds. The molecule has 1 aromatic carbocycles. The van der Waals surface area contributed by atoms with E-state index in [0.29, 0.717) is 24.7 Å². The van der Waals surface area contributed by atoms with Gasteiger partial charge in [0.25, 0.3) is 0 Å². The van der Waals surface area contributed by atoms with Crippen molar-refractivity contribution < 1.29 is 18.0 Å². The molecule has 0 aromatic heterocycles. The Morgan fingerprint density at radius 2 is 1.81 bits per heavy atom. The summed E-state index contributed by atoms with van der Waals surface area (Å²) in [5, 5.41) is 0. The number of rotatable bonds is 4. The van der Waals surface area contributed by atoms with Crippen LogP contribution in [0.1, 0.15) is 26.2 Å². The summed E-state index contributed by atoms with van der Waals surface area (Å²) in [6, 6.07) is 6.26. The minimum absolute atomic E-state index is 0.0923. The highest BCUT2D eigenvalue weighted by molar-refractivity contribution is 7.89. The first kappa shape index (κ1) is 18.8. The number of nitrogens with zero attached hydrogens (tertiary/aromatic N) is 2. The maximum atomic E-state index is 12.7. The van der Waals surface area contributed by atoms with Crippen LogP contribution < -0.4 is 16.2 Å². The van der Waals surface area contributed by atoms with Crippen LogP contribution in [0, 0.1) is 11.8 Å². The van der Waals surface area contributed by atoms with Crippen LogP contribution >= 0.6 is 0 Å². The summed E-state index contributed by atoms with van der Waals surface area (Å²) in [4.78, 5) is 25.5. The van der Waals surface area contributed by atoms with Crippen LogP contribution in [-0.2, 0) is 19.6 Å². The number of benzene rings is 1. The van der Waals surface area contributed by atoms with Crippen molar-refractivity contribution in [1.29, 1.82) is 0 Å². The van der Waals surface area contributed by atoms with Crippen LogP contribution in [0.25, 0.3) is 0 Å². The van der Waals surface area contributed by atoms with E-state index in [1.165, 1.54) is 21.3 Å². The molecule has 0 radical (unpaired) electrons. The molecule has 8 nitrogen and oxygen atoms in total. The number of carbonyl (C=O) groups excluding carboxylic acids is 2. The summed E-state index contributed by atoms with van der Waals surface area (Å²) in [5.41, 5.74) is 2.64. The highest BCUT2D eigenvalue weighted by Crippen LogP contribution is 2.28. The number of nitrogens with two attached hydrogens (primary N) is 1. The highest BCUT2D eigenvalue weighted by atomic mass is 32.2. The summed E-state index contributed by atoms with van der Waals surface area (Å²) in [7, 11) is -3.52. The predicted molar refractivity (Wildman–Crippen MR) is 96.4 cm³/mol. The van der Waals surface area contributed by atoms with Crippen molar-refractivity contribution in [2.75, 3.05) is 24.5 Å². The fourth-order valence-corrected chi connectivity index (χ4v) is 4.89. The average Bonchev–Trinajstić information content (AvgIpc) is 3.03. The van der Waals surface area contributed by atoms with Crippen LogP contribution in [0.15, 0.2) is 29.2 Å². The lowest BCUT2D eigenvalue weighted by Gasteiger charge is -2.29. The number of hydrogen-bond donors (Lipinski definition) is 2. The van der Waals surface area contributed by atoms with Gasteiger partial charge in [-0.15, -0.1) is 0 Å². The summed E-state index contributed by atoms with van der Waals surface area (Å²) in [6.07, 6.45) is 1.82. The Hall–Kier alpha value is -1.97. The quantitative estimate of drug-likeness (QED) is 0.447. The summed E-state index contributed by atoms with van der Waals surface area (Å²) >= 11 is 0. The van der Waals surface area contributed by atoms with E-state index in [4.69, 9.17) is 5.84 Å². The topological polar surface area (TPSA) is 113 Å². The molecule has 0 saturated carbocycles. The molecule has 1 unspecified atom stereocenters. The van der Waals surface area contributed by atoms with Gasteiger partial charge < -0.3 is 4.90 Å². The first-order valence-electron chi connectivity index (χ1n) is 8.74. The van der Waals surface area contributed by atoms with Gasteiger partial charge in [0, 0.05) is 31.7 Å². The lowest BCUT2D eigenvalue weighted by atomic mass is 10.0. The second kappa shape index (κ2) is 7.34. The second-order valence-electron chi connectivity index (χ2n) is 6.99. The Labute approximate surface area is 153 Å². The molecule has 0 spiro atoms. The fourth-order valence-electron chi connectivity index (χ4n) is 3.42. The fraction of sp³-hybridized carbons (Fsp3) is 0.529. The van der Waals surface area contributed by atoms with Gasteiger partial charge in [-0.1, -0.05) is 6.92 Å². The zero-order valence-corrected chi connectivity index (χ0v) is 15.5. The average molecular weight is 380 g/mol. The maximum Gasteiger partial charge on any atom is 0.243 e. The molecule has 0 bridgehead atoms. The Bertz CT molecular complexity index is 785. The number of nitrogens with one attached hydrogen (secondary N) is 1. The molecule has 2 saturated heterocycles. The van der Waals surface area contributed by atoms with E-state index in [1.807, 2.05) is 0 Å². The van der Waals surface area contributed by atoms with Crippen molar-refractivity contribution in [3.05, 3.63) is 24.3 Å². The molecule has 0 aliphatic carbocycles. The molecule has 2 aliphatic rings. The van der Waals surface area contributed by atoms with Crippen LogP contribution in [-0.4, -0.2) is 44.2 Å². The van der Waals surface area contributed by atoms with Crippen molar-refractivity contribution in [2.24, 2.45) is 17.7 Å². The minimum atomic E-state index is -3.52. The molecule has 142 valence electrons. The molecule has 1 aromatic rings. The number of amides is 2. The Morgan fingerprint density at radius 1 is 1.19 bits per heavy atom. The Kier molecular flexibility index (Phi) is 5.31. The van der Waals surface area contributed by atoms with Crippen molar-refractivity contribution in [1.82, 2.24) is 9.73 Å². The van der Waals surface area contributed by atoms with Gasteiger partial charge in [0.15, 0.2) is 0 Å². The molecule has 3 rings (SSSR count). The lowest BCUT2D eigenvalue weighted by molar-refractivity contribution is -0.126. The van der Waals surface area contributed by atoms with E-state index in [1.54, 1.807) is 12.1 Å². The van der Waals surface area contributed by atoms with Gasteiger partial charge in [-0.2, -0.15) is 4.31 Å². The Morgan fingerprint density at radius 3 is 2.38 bits per heavy atom. The molecule has 2 heterocycles. The zero-order chi connectivity index (χ0) is 18.9. The van der Waals surface area contributed by atoms with E-state index >= 15 is 0 Å². The van der Waals surface area contributed by atoms with Crippen LogP contribution in [0.4, 0.5) is 5.69 Å². The first-order valence-corrected chi connectivity index (χ1v) is 10.2. The zero-order valence-electron chi connectivity index (χ0n) is 14.7. The standard InChI is InChI=1S/C17H24N4O4S/c1-12-6-8-20(9-7-12)26(24,25)15-4-2-14(3-5-15)21-11-13(10-16(21)22)17(23)19-18/h2-5,12-13H,6-11,18H2,1H3,(H,19,23). The summed E-state index contributed by atoms with van der Waals surface area (Å²) in [6.45, 7) is 3.43. The number of anilines is 1. The van der Waals surface area contributed by atoms with Crippen LogP contribution in [0.5, 0.6) is 0 Å². The monoisotopic (exact) mass is 380 g/mol. The van der Waals surface area contributed by atoms with E-state index in [2.05, 4.69) is 12.3 Å². The second-order valence-corrected chi connectivity index (χ2v) is 8.93. The third kappa shape index (κ3) is 3.60. The van der Waals surface area contributed by atoms with Gasteiger partial charge in [0.1, 0.15) is 0 Å². The SMILES string of the molecule is CC1CCN(S(=O)(=O)c2ccc(N3CC(C(=O)NN)CC3=O)cc2)CC1. The molecule has 26 heavy (non-hydrogen) atoms. The van der Waals surface area contributed by atoms with Gasteiger partial charge in [-0.25, -0.2) is 14.3 Å². The number of carbonyl (C=O) groups is 2. The summed E-state index contributed by atoms with van der Waals surface area (Å²) < 4.78 is 27.0. The Balaban J connectivity index is 1.74. The van der Waals surface area contributed by atoms with E-state index in [9.17, 15) is 18.0 Å². The van der Waals surface area contributed by atoms with Crippen molar-refractivity contribution >= 4 is 27.5 Å². The van der Waals surface area contributed by atoms with E-state index in [0.717, 1.165) is 12.8 Å². The van der Waals surface area contributed by atoms with E-state index < -0.39 is 15.9 Å². The van der Waals surface area contributed by atoms with E-state index in [-0.39, 0.29) is 29.7 Å². The first-order chi connectivity index (χ1) is 12.3. The third-order valence-electron chi connectivity index (χ3n) is 5.17. The van der Waals surface area contributed by atoms with Gasteiger partial charge in [-0.3, -0.25) is 15.0 Å². The molecule has 2 aliphatic heterocycles. The van der Waals surface area contributed by atoms with Gasteiger partial charge in [0.2, 0.25) is 21.8 Å². The molecular weight excluding hydrogens is 356 g/mol.